The van der Waals surface area contributed by atoms with Gasteiger partial charge in [-0.25, -0.2) is 0 Å². The summed E-state index contributed by atoms with van der Waals surface area (Å²) in [6.07, 6.45) is 12.7. The first kappa shape index (κ1) is 22.7. The smallest absolute Gasteiger partial charge is 0.312 e. The maximum absolute atomic E-state index is 12.7. The Kier molecular flexibility index (Phi) is 5.88. The van der Waals surface area contributed by atoms with Crippen molar-refractivity contribution in [2.75, 3.05) is 0 Å². The van der Waals surface area contributed by atoms with Crippen LogP contribution in [0.25, 0.3) is 1.43 Å². The number of hydrogen-bond acceptors (Lipinski definition) is 3. The van der Waals surface area contributed by atoms with E-state index in [1.54, 1.807) is 11.1 Å². The molecule has 3 nitrogen and oxygen atoms in total. The average molecular weight is 445 g/mol. The van der Waals surface area contributed by atoms with Crippen LogP contribution in [0.15, 0.2) is 22.8 Å². The van der Waals surface area contributed by atoms with E-state index in [9.17, 15) is 9.90 Å². The van der Waals surface area contributed by atoms with Gasteiger partial charge in [0, 0.05) is 0 Å². The highest BCUT2D eigenvalue weighted by atomic mass is 16.4. The summed E-state index contributed by atoms with van der Waals surface area (Å²) in [5.74, 6) is 1.72. The molecule has 3 heteroatoms. The molecule has 0 spiro atoms. The van der Waals surface area contributed by atoms with E-state index in [4.69, 9.17) is 1.43 Å². The van der Waals surface area contributed by atoms with Crippen LogP contribution in [0.3, 0.4) is 0 Å². The summed E-state index contributed by atoms with van der Waals surface area (Å²) in [6, 6.07) is 0. The lowest BCUT2D eigenvalue weighted by molar-refractivity contribution is -0.175. The molecule has 0 aromatic heterocycles. The molecular weight excluding hydrogens is 396 g/mol. The molecule has 4 rings (SSSR count). The number of fused-ring (bicyclic) bond motifs is 4. The number of carbonyl (C=O) groups is 1. The maximum atomic E-state index is 12.7. The van der Waals surface area contributed by atoms with Crippen molar-refractivity contribution in [1.29, 1.82) is 1.43 Å². The van der Waals surface area contributed by atoms with Crippen LogP contribution in [0.1, 0.15) is 106 Å². The molecule has 8 atom stereocenters. The fourth-order valence-electron chi connectivity index (χ4n) is 9.07. The summed E-state index contributed by atoms with van der Waals surface area (Å²) >= 11 is 0. The number of aliphatic carboxylic acids is 1. The lowest BCUT2D eigenvalue weighted by Crippen LogP contribution is -2.58. The SMILES string of the molecule is [3H]OC(=O)[C@]1(C)[C@@H](O)CC[C@]2(C)C3=C(CC[C@@H]12)C1CCC([C@H](C)CCC=C(C)C)[C@@]1(C)CC3. The van der Waals surface area contributed by atoms with Crippen molar-refractivity contribution in [1.82, 2.24) is 0 Å². The highest BCUT2D eigenvalue weighted by Crippen LogP contribution is 2.68. The zero-order chi connectivity index (χ0) is 24.2. The van der Waals surface area contributed by atoms with Crippen LogP contribution in [0, 0.1) is 39.9 Å². The number of carboxylic acid groups (broad SMARTS) is 1. The molecule has 2 fully saturated rings. The van der Waals surface area contributed by atoms with Gasteiger partial charge in [0.05, 0.1) is 11.5 Å². The first-order chi connectivity index (χ1) is 15.5. The largest absolute Gasteiger partial charge is 0.481 e. The molecule has 2 N–H and O–H groups in total. The molecular formula is C29H46O3. The van der Waals surface area contributed by atoms with Crippen LogP contribution < -0.4 is 0 Å². The van der Waals surface area contributed by atoms with Crippen molar-refractivity contribution in [2.24, 2.45) is 39.9 Å². The average Bonchev–Trinajstić information content (AvgIpc) is 3.13. The van der Waals surface area contributed by atoms with E-state index in [0.29, 0.717) is 17.8 Å². The van der Waals surface area contributed by atoms with E-state index in [0.717, 1.165) is 37.5 Å². The van der Waals surface area contributed by atoms with Crippen molar-refractivity contribution < 1.29 is 15.0 Å². The predicted octanol–water partition coefficient (Wildman–Crippen LogP) is 7.15. The lowest BCUT2D eigenvalue weighted by Gasteiger charge is -2.59. The van der Waals surface area contributed by atoms with Crippen molar-refractivity contribution in [3.8, 4) is 0 Å². The van der Waals surface area contributed by atoms with Gasteiger partial charge in [-0.05, 0) is 119 Å². The molecule has 0 aromatic carbocycles. The Morgan fingerprint density at radius 3 is 2.59 bits per heavy atom. The summed E-state index contributed by atoms with van der Waals surface area (Å²) < 4.78 is 7.29. The molecule has 32 heavy (non-hydrogen) atoms. The van der Waals surface area contributed by atoms with Gasteiger partial charge < -0.3 is 10.2 Å². The molecule has 0 radical (unpaired) electrons. The second-order valence-corrected chi connectivity index (χ2v) is 12.7. The molecule has 0 aliphatic heterocycles. The van der Waals surface area contributed by atoms with Crippen LogP contribution in [-0.4, -0.2) is 22.3 Å². The Hall–Kier alpha value is -1.09. The molecule has 2 saturated carbocycles. The van der Waals surface area contributed by atoms with Crippen LogP contribution >= 0.6 is 0 Å². The van der Waals surface area contributed by atoms with Gasteiger partial charge in [-0.1, -0.05) is 43.6 Å². The normalized spacial score (nSPS) is 44.7. The second-order valence-electron chi connectivity index (χ2n) is 12.7. The first-order valence-corrected chi connectivity index (χ1v) is 13.2. The van der Waals surface area contributed by atoms with E-state index < -0.39 is 17.5 Å². The first-order valence-electron chi connectivity index (χ1n) is 13.6. The minimum Gasteiger partial charge on any atom is -0.481 e. The van der Waals surface area contributed by atoms with Crippen molar-refractivity contribution in [3.05, 3.63) is 22.8 Å². The fourth-order valence-corrected chi connectivity index (χ4v) is 9.07. The van der Waals surface area contributed by atoms with Gasteiger partial charge in [0.15, 0.2) is 0 Å². The highest BCUT2D eigenvalue weighted by Gasteiger charge is 2.62. The van der Waals surface area contributed by atoms with Gasteiger partial charge in [0.25, 0.3) is 1.43 Å². The summed E-state index contributed by atoms with van der Waals surface area (Å²) in [6.45, 7) is 13.7. The Balaban J connectivity index is 1.62. The molecule has 4 aliphatic rings. The van der Waals surface area contributed by atoms with E-state index >= 15 is 0 Å². The number of hydrogen-bond donors (Lipinski definition) is 2. The number of carboxylic acids is 1. The van der Waals surface area contributed by atoms with E-state index in [2.05, 4.69) is 45.8 Å². The molecule has 2 unspecified atom stereocenters. The van der Waals surface area contributed by atoms with Gasteiger partial charge in [0.2, 0.25) is 0 Å². The van der Waals surface area contributed by atoms with E-state index in [-0.39, 0.29) is 11.3 Å². The van der Waals surface area contributed by atoms with E-state index in [1.165, 1.54) is 37.7 Å². The van der Waals surface area contributed by atoms with Crippen LogP contribution in [0.2, 0.25) is 0 Å². The third kappa shape index (κ3) is 3.44. The van der Waals surface area contributed by atoms with Gasteiger partial charge >= 0.3 is 5.97 Å². The molecule has 0 amide bonds. The number of allylic oxidation sites excluding steroid dienone is 4. The topological polar surface area (TPSA) is 57.5 Å². The van der Waals surface area contributed by atoms with Crippen molar-refractivity contribution in [3.63, 3.8) is 0 Å². The minimum atomic E-state index is -0.980. The number of aliphatic hydroxyl groups excluding tert-OH is 1. The van der Waals surface area contributed by atoms with Gasteiger partial charge in [-0.2, -0.15) is 0 Å². The monoisotopic (exact) mass is 444 g/mol. The Morgan fingerprint density at radius 1 is 1.16 bits per heavy atom. The zero-order valence-corrected chi connectivity index (χ0v) is 21.3. The van der Waals surface area contributed by atoms with Gasteiger partial charge in [0.1, 0.15) is 0 Å². The molecule has 0 saturated heterocycles. The van der Waals surface area contributed by atoms with Crippen molar-refractivity contribution in [2.45, 2.75) is 112 Å². The van der Waals surface area contributed by atoms with Gasteiger partial charge in [-0.15, -0.1) is 0 Å². The predicted molar refractivity (Wildman–Crippen MR) is 130 cm³/mol. The zero-order valence-electron chi connectivity index (χ0n) is 22.3. The fraction of sp³-hybridized carbons (Fsp3) is 0.828. The number of aliphatic hydroxyl groups is 1. The Morgan fingerprint density at radius 2 is 1.91 bits per heavy atom. The van der Waals surface area contributed by atoms with Crippen LogP contribution in [-0.2, 0) is 4.79 Å². The molecule has 0 bridgehead atoms. The third-order valence-electron chi connectivity index (χ3n) is 10.9. The quantitative estimate of drug-likeness (QED) is 0.443. The van der Waals surface area contributed by atoms with Crippen molar-refractivity contribution >= 4 is 5.97 Å². The van der Waals surface area contributed by atoms with Crippen LogP contribution in [0.5, 0.6) is 0 Å². The summed E-state index contributed by atoms with van der Waals surface area (Å²) in [5.41, 5.74) is 4.09. The summed E-state index contributed by atoms with van der Waals surface area (Å²) in [5, 5.41) is 15.4. The Labute approximate surface area is 197 Å². The maximum Gasteiger partial charge on any atom is 0.312 e. The minimum absolute atomic E-state index is 0.0508. The second kappa shape index (κ2) is 8.29. The summed E-state index contributed by atoms with van der Waals surface area (Å²) in [4.78, 5) is 12.7. The molecule has 180 valence electrons. The lowest BCUT2D eigenvalue weighted by atomic mass is 9.45. The number of rotatable bonds is 5. The highest BCUT2D eigenvalue weighted by molar-refractivity contribution is 5.76. The molecule has 0 aromatic rings. The van der Waals surface area contributed by atoms with Gasteiger partial charge in [-0.3, -0.25) is 4.79 Å². The summed E-state index contributed by atoms with van der Waals surface area (Å²) in [7, 11) is 0. The van der Waals surface area contributed by atoms with Crippen LogP contribution in [0.4, 0.5) is 0 Å². The Bertz CT molecular complexity index is 842. The van der Waals surface area contributed by atoms with E-state index in [1.807, 2.05) is 6.92 Å². The third-order valence-corrected chi connectivity index (χ3v) is 10.9. The molecule has 0 heterocycles. The standard InChI is InChI=1S/C29H46O3/c1-18(2)8-7-9-19(3)21-11-12-22-20-10-13-24-28(5,23(20)14-16-27(21,22)4)17-15-25(30)29(24,6)26(31)32/h8,19,21-22,24-25,30H,7,9-17H2,1-6H3,(H,31,32)/t19-,21?,22?,24-,25+,27-,28-,29+/m1/s1/i/hT. The molecule has 4 aliphatic carbocycles.